The van der Waals surface area contributed by atoms with Gasteiger partial charge >= 0.3 is 6.01 Å². The number of aromatic nitrogens is 3. The fourth-order valence-corrected chi connectivity index (χ4v) is 3.10. The van der Waals surface area contributed by atoms with Gasteiger partial charge in [-0.3, -0.25) is 0 Å². The topological polar surface area (TPSA) is 66.1 Å². The highest BCUT2D eigenvalue weighted by Crippen LogP contribution is 2.27. The van der Waals surface area contributed by atoms with Crippen molar-refractivity contribution in [2.75, 3.05) is 31.6 Å². The van der Waals surface area contributed by atoms with Crippen LogP contribution < -0.4 is 15.0 Å². The molecule has 1 unspecified atom stereocenters. The van der Waals surface area contributed by atoms with Crippen LogP contribution in [0.2, 0.25) is 0 Å². The van der Waals surface area contributed by atoms with Crippen LogP contribution in [0.15, 0.2) is 0 Å². The van der Waals surface area contributed by atoms with Crippen molar-refractivity contribution in [3.8, 4) is 6.01 Å². The minimum atomic E-state index is 0.421. The number of nitrogens with one attached hydrogen (secondary N) is 2. The summed E-state index contributed by atoms with van der Waals surface area (Å²) >= 11 is 0. The van der Waals surface area contributed by atoms with E-state index in [0.717, 1.165) is 31.0 Å². The molecule has 100 valence electrons. The minimum Gasteiger partial charge on any atom is -0.466 e. The third-order valence-electron chi connectivity index (χ3n) is 4.14. The van der Waals surface area contributed by atoms with Crippen molar-refractivity contribution in [3.05, 3.63) is 0 Å². The largest absolute Gasteiger partial charge is 0.466 e. The number of nitrogens with zero attached hydrogens (tertiary/aromatic N) is 3. The second kappa shape index (κ2) is 5.14. The maximum atomic E-state index is 5.00. The summed E-state index contributed by atoms with van der Waals surface area (Å²) in [6, 6.07) is 1.17. The first kappa shape index (κ1) is 11.8. The summed E-state index contributed by atoms with van der Waals surface area (Å²) in [6.45, 7) is 3.31. The second-order valence-electron chi connectivity index (χ2n) is 5.17. The Hall–Kier alpha value is -1.30. The Balaban J connectivity index is 1.55. The van der Waals surface area contributed by atoms with Crippen LogP contribution in [0.1, 0.15) is 25.7 Å². The van der Waals surface area contributed by atoms with Gasteiger partial charge in [-0.1, -0.05) is 0 Å². The first-order chi connectivity index (χ1) is 8.86. The Morgan fingerprint density at radius 1 is 1.28 bits per heavy atom. The molecule has 0 saturated carbocycles. The summed E-state index contributed by atoms with van der Waals surface area (Å²) in [4.78, 5) is 6.56. The third-order valence-corrected chi connectivity index (χ3v) is 4.14. The number of methoxy groups -OCH3 is 1. The summed E-state index contributed by atoms with van der Waals surface area (Å²) in [5, 5.41) is 10.5. The quantitative estimate of drug-likeness (QED) is 0.831. The van der Waals surface area contributed by atoms with Crippen LogP contribution in [0.25, 0.3) is 0 Å². The number of ether oxygens (including phenoxy) is 1. The lowest BCUT2D eigenvalue weighted by Gasteiger charge is -2.34. The summed E-state index contributed by atoms with van der Waals surface area (Å²) in [5.41, 5.74) is 0. The molecular weight excluding hydrogens is 230 g/mol. The SMILES string of the molecule is COc1n[nH]c(N2CCC(C3CCCN3)CC2)n1. The number of hydrogen-bond donors (Lipinski definition) is 2. The molecule has 0 aliphatic carbocycles. The smallest absolute Gasteiger partial charge is 0.336 e. The number of hydrogen-bond acceptors (Lipinski definition) is 5. The molecule has 1 atom stereocenters. The molecule has 3 rings (SSSR count). The van der Waals surface area contributed by atoms with E-state index in [1.54, 1.807) is 7.11 Å². The minimum absolute atomic E-state index is 0.421. The van der Waals surface area contributed by atoms with Crippen LogP contribution in [0, 0.1) is 5.92 Å². The summed E-state index contributed by atoms with van der Waals surface area (Å²) in [6.07, 6.45) is 5.16. The maximum absolute atomic E-state index is 5.00. The van der Waals surface area contributed by atoms with Crippen LogP contribution in [-0.4, -0.2) is 48.0 Å². The van der Waals surface area contributed by atoms with Gasteiger partial charge in [-0.25, -0.2) is 5.10 Å². The molecule has 2 saturated heterocycles. The Labute approximate surface area is 107 Å². The lowest BCUT2D eigenvalue weighted by Crippen LogP contribution is -2.41. The van der Waals surface area contributed by atoms with Gasteiger partial charge in [0.15, 0.2) is 0 Å². The zero-order chi connectivity index (χ0) is 12.4. The molecule has 2 aliphatic heterocycles. The molecule has 0 radical (unpaired) electrons. The second-order valence-corrected chi connectivity index (χ2v) is 5.17. The number of piperidine rings is 1. The third kappa shape index (κ3) is 2.29. The fraction of sp³-hybridized carbons (Fsp3) is 0.833. The summed E-state index contributed by atoms with van der Waals surface area (Å²) in [5.74, 6) is 1.67. The molecule has 2 N–H and O–H groups in total. The van der Waals surface area contributed by atoms with Gasteiger partial charge in [0.1, 0.15) is 0 Å². The van der Waals surface area contributed by atoms with Crippen LogP contribution >= 0.6 is 0 Å². The van der Waals surface area contributed by atoms with Crippen molar-refractivity contribution < 1.29 is 4.74 Å². The average Bonchev–Trinajstić information content (AvgIpc) is 3.10. The molecule has 0 spiro atoms. The van der Waals surface area contributed by atoms with Gasteiger partial charge in [0.2, 0.25) is 5.95 Å². The lowest BCUT2D eigenvalue weighted by atomic mass is 9.89. The normalized spacial score (nSPS) is 25.6. The van der Waals surface area contributed by atoms with Crippen LogP contribution in [0.4, 0.5) is 5.95 Å². The van der Waals surface area contributed by atoms with Crippen molar-refractivity contribution in [1.82, 2.24) is 20.5 Å². The fourth-order valence-electron chi connectivity index (χ4n) is 3.10. The van der Waals surface area contributed by atoms with Crippen LogP contribution in [0.5, 0.6) is 6.01 Å². The highest BCUT2D eigenvalue weighted by Gasteiger charge is 2.29. The van der Waals surface area contributed by atoms with Gasteiger partial charge in [-0.05, 0) is 38.1 Å². The van der Waals surface area contributed by atoms with Crippen molar-refractivity contribution in [3.63, 3.8) is 0 Å². The summed E-state index contributed by atoms with van der Waals surface area (Å²) < 4.78 is 5.00. The van der Waals surface area contributed by atoms with Gasteiger partial charge in [0.05, 0.1) is 7.11 Å². The Kier molecular flexibility index (Phi) is 3.36. The predicted octanol–water partition coefficient (Wildman–Crippen LogP) is 0.782. The van der Waals surface area contributed by atoms with E-state index in [2.05, 4.69) is 25.4 Å². The number of anilines is 1. The highest BCUT2D eigenvalue weighted by atomic mass is 16.5. The summed E-state index contributed by atoms with van der Waals surface area (Å²) in [7, 11) is 1.59. The van der Waals surface area contributed by atoms with E-state index in [0.29, 0.717) is 6.01 Å². The molecule has 0 aromatic carbocycles. The molecule has 1 aromatic heterocycles. The number of rotatable bonds is 3. The monoisotopic (exact) mass is 251 g/mol. The van der Waals surface area contributed by atoms with Crippen molar-refractivity contribution in [1.29, 1.82) is 0 Å². The molecule has 2 aliphatic rings. The molecule has 6 nitrogen and oxygen atoms in total. The molecule has 2 fully saturated rings. The van der Waals surface area contributed by atoms with Gasteiger partial charge in [0.25, 0.3) is 0 Å². The molecular formula is C12H21N5O. The molecule has 0 bridgehead atoms. The molecule has 1 aromatic rings. The lowest BCUT2D eigenvalue weighted by molar-refractivity contribution is 0.317. The Bertz CT molecular complexity index is 380. The van der Waals surface area contributed by atoms with Crippen LogP contribution in [-0.2, 0) is 0 Å². The van der Waals surface area contributed by atoms with Crippen molar-refractivity contribution in [2.24, 2.45) is 5.92 Å². The molecule has 18 heavy (non-hydrogen) atoms. The van der Waals surface area contributed by atoms with Crippen LogP contribution in [0.3, 0.4) is 0 Å². The molecule has 3 heterocycles. The average molecular weight is 251 g/mol. The van der Waals surface area contributed by atoms with E-state index >= 15 is 0 Å². The molecule has 6 heteroatoms. The van der Waals surface area contributed by atoms with Crippen molar-refractivity contribution in [2.45, 2.75) is 31.7 Å². The van der Waals surface area contributed by atoms with Gasteiger partial charge in [-0.2, -0.15) is 4.98 Å². The van der Waals surface area contributed by atoms with E-state index in [4.69, 9.17) is 4.74 Å². The number of H-pyrrole nitrogens is 1. The molecule has 0 amide bonds. The Morgan fingerprint density at radius 3 is 2.72 bits per heavy atom. The number of aromatic amines is 1. The van der Waals surface area contributed by atoms with Crippen molar-refractivity contribution >= 4 is 5.95 Å². The van der Waals surface area contributed by atoms with E-state index in [-0.39, 0.29) is 0 Å². The van der Waals surface area contributed by atoms with E-state index < -0.39 is 0 Å². The van der Waals surface area contributed by atoms with E-state index in [9.17, 15) is 0 Å². The van der Waals surface area contributed by atoms with Gasteiger partial charge in [-0.15, -0.1) is 5.10 Å². The first-order valence-electron chi connectivity index (χ1n) is 6.81. The maximum Gasteiger partial charge on any atom is 0.336 e. The first-order valence-corrected chi connectivity index (χ1v) is 6.81. The standard InChI is InChI=1S/C12H21N5O/c1-18-12-14-11(15-16-12)17-7-4-9(5-8-17)10-3-2-6-13-10/h9-10,13H,2-8H2,1H3,(H,14,15,16). The van der Waals surface area contributed by atoms with Gasteiger partial charge in [0, 0.05) is 19.1 Å². The predicted molar refractivity (Wildman–Crippen MR) is 68.9 cm³/mol. The zero-order valence-electron chi connectivity index (χ0n) is 10.9. The Morgan fingerprint density at radius 2 is 2.11 bits per heavy atom. The zero-order valence-corrected chi connectivity index (χ0v) is 10.9. The van der Waals surface area contributed by atoms with Gasteiger partial charge < -0.3 is 15.0 Å². The van der Waals surface area contributed by atoms with E-state index in [1.807, 2.05) is 0 Å². The van der Waals surface area contributed by atoms with E-state index in [1.165, 1.54) is 32.2 Å². The highest BCUT2D eigenvalue weighted by molar-refractivity contribution is 5.30.